The number of carbonyl (C=O) groups is 2. The van der Waals surface area contributed by atoms with E-state index in [4.69, 9.17) is 9.84 Å². The third kappa shape index (κ3) is 7.59. The number of likely N-dealkylation sites (N-methyl/N-ethyl adjacent to an activating group) is 1. The molecular weight excluding hydrogens is 312 g/mol. The van der Waals surface area contributed by atoms with Crippen molar-refractivity contribution in [1.29, 1.82) is 0 Å². The standard InChI is InChI=1S/C9H18N2O3.C8H14O2/c1-11(2)9(13)6-14-8-3-7(5-12)10-4-8;1-10-8(9)7-5-3-2-4-6-7/h7-8,10,12H,3-6H2,1-2H3;7H,2-6H2,1H3. The van der Waals surface area contributed by atoms with Crippen LogP contribution in [0.15, 0.2) is 0 Å². The summed E-state index contributed by atoms with van der Waals surface area (Å²) in [7, 11) is 4.88. The largest absolute Gasteiger partial charge is 0.469 e. The van der Waals surface area contributed by atoms with Crippen molar-refractivity contribution in [2.75, 3.05) is 41.0 Å². The van der Waals surface area contributed by atoms with E-state index >= 15 is 0 Å². The predicted octanol–water partition coefficient (Wildman–Crippen LogP) is 0.554. The Kier molecular flexibility index (Phi) is 9.90. The molecule has 1 saturated carbocycles. The molecule has 0 radical (unpaired) electrons. The number of amides is 1. The fourth-order valence-electron chi connectivity index (χ4n) is 2.87. The summed E-state index contributed by atoms with van der Waals surface area (Å²) in [5.74, 6) is 0.163. The number of hydrogen-bond acceptors (Lipinski definition) is 6. The fourth-order valence-corrected chi connectivity index (χ4v) is 2.87. The van der Waals surface area contributed by atoms with Crippen LogP contribution in [-0.2, 0) is 19.1 Å². The number of methoxy groups -OCH3 is 1. The molecule has 2 atom stereocenters. The van der Waals surface area contributed by atoms with Crippen molar-refractivity contribution < 1.29 is 24.2 Å². The minimum absolute atomic E-state index is 0.0142. The lowest BCUT2D eigenvalue weighted by Gasteiger charge is -2.18. The van der Waals surface area contributed by atoms with Gasteiger partial charge in [-0.25, -0.2) is 0 Å². The molecule has 0 spiro atoms. The first kappa shape index (κ1) is 20.9. The molecule has 0 aromatic carbocycles. The van der Waals surface area contributed by atoms with Crippen LogP contribution in [0.4, 0.5) is 0 Å². The van der Waals surface area contributed by atoms with Gasteiger partial charge in [0.2, 0.25) is 5.91 Å². The van der Waals surface area contributed by atoms with Gasteiger partial charge in [0.05, 0.1) is 25.7 Å². The van der Waals surface area contributed by atoms with Gasteiger partial charge in [-0.3, -0.25) is 9.59 Å². The monoisotopic (exact) mass is 344 g/mol. The summed E-state index contributed by atoms with van der Waals surface area (Å²) in [6, 6.07) is 0.120. The molecule has 140 valence electrons. The van der Waals surface area contributed by atoms with Crippen molar-refractivity contribution in [1.82, 2.24) is 10.2 Å². The topological polar surface area (TPSA) is 88.1 Å². The molecule has 2 rings (SSSR count). The molecule has 0 aromatic heterocycles. The molecule has 0 bridgehead atoms. The number of nitrogens with zero attached hydrogens (tertiary/aromatic N) is 1. The zero-order valence-corrected chi connectivity index (χ0v) is 15.1. The Hall–Kier alpha value is -1.18. The Morgan fingerprint density at radius 2 is 1.88 bits per heavy atom. The molecule has 1 saturated heterocycles. The van der Waals surface area contributed by atoms with Crippen LogP contribution in [0.25, 0.3) is 0 Å². The van der Waals surface area contributed by atoms with Gasteiger partial charge in [-0.05, 0) is 19.3 Å². The zero-order chi connectivity index (χ0) is 17.9. The second-order valence-electron chi connectivity index (χ2n) is 6.60. The third-order valence-electron chi connectivity index (χ3n) is 4.48. The van der Waals surface area contributed by atoms with Crippen molar-refractivity contribution in [3.63, 3.8) is 0 Å². The summed E-state index contributed by atoms with van der Waals surface area (Å²) in [5.41, 5.74) is 0. The van der Waals surface area contributed by atoms with Crippen LogP contribution in [0.5, 0.6) is 0 Å². The number of ether oxygens (including phenoxy) is 2. The van der Waals surface area contributed by atoms with Gasteiger partial charge in [0.15, 0.2) is 0 Å². The summed E-state index contributed by atoms with van der Waals surface area (Å²) in [6.07, 6.45) is 6.57. The molecule has 7 nitrogen and oxygen atoms in total. The normalized spacial score (nSPS) is 24.0. The van der Waals surface area contributed by atoms with Crippen molar-refractivity contribution >= 4 is 11.9 Å². The highest BCUT2D eigenvalue weighted by atomic mass is 16.5. The SMILES string of the molecule is CN(C)C(=O)COC1CNC(CO)C1.COC(=O)C1CCCCC1. The van der Waals surface area contributed by atoms with E-state index in [1.165, 1.54) is 31.3 Å². The number of carbonyl (C=O) groups excluding carboxylic acids is 2. The number of aliphatic hydroxyl groups excluding tert-OH is 1. The van der Waals surface area contributed by atoms with E-state index in [1.54, 1.807) is 14.1 Å². The number of esters is 1. The van der Waals surface area contributed by atoms with E-state index in [9.17, 15) is 9.59 Å². The molecule has 24 heavy (non-hydrogen) atoms. The van der Waals surface area contributed by atoms with Crippen LogP contribution < -0.4 is 5.32 Å². The van der Waals surface area contributed by atoms with E-state index in [-0.39, 0.29) is 43.2 Å². The van der Waals surface area contributed by atoms with E-state index in [2.05, 4.69) is 10.1 Å². The fraction of sp³-hybridized carbons (Fsp3) is 0.882. The van der Waals surface area contributed by atoms with Gasteiger partial charge in [-0.15, -0.1) is 0 Å². The van der Waals surface area contributed by atoms with Crippen LogP contribution in [0.2, 0.25) is 0 Å². The van der Waals surface area contributed by atoms with Gasteiger partial charge in [0, 0.05) is 26.7 Å². The Labute approximate surface area is 144 Å². The summed E-state index contributed by atoms with van der Waals surface area (Å²) in [4.78, 5) is 23.6. The lowest BCUT2D eigenvalue weighted by atomic mass is 9.89. The van der Waals surface area contributed by atoms with E-state index in [0.29, 0.717) is 6.54 Å². The molecule has 2 fully saturated rings. The first-order chi connectivity index (χ1) is 11.5. The zero-order valence-electron chi connectivity index (χ0n) is 15.1. The maximum absolute atomic E-state index is 11.2. The highest BCUT2D eigenvalue weighted by Gasteiger charge is 2.24. The van der Waals surface area contributed by atoms with Crippen LogP contribution in [-0.4, -0.2) is 75.0 Å². The second kappa shape index (κ2) is 11.4. The Morgan fingerprint density at radius 1 is 1.21 bits per heavy atom. The van der Waals surface area contributed by atoms with Gasteiger partial charge in [0.25, 0.3) is 0 Å². The lowest BCUT2D eigenvalue weighted by molar-refractivity contribution is -0.146. The van der Waals surface area contributed by atoms with Crippen molar-refractivity contribution in [2.45, 2.75) is 50.7 Å². The Bertz CT molecular complexity index is 383. The van der Waals surface area contributed by atoms with Crippen molar-refractivity contribution in [3.05, 3.63) is 0 Å². The number of aliphatic hydroxyl groups is 1. The minimum atomic E-state index is -0.0301. The summed E-state index contributed by atoms with van der Waals surface area (Å²) >= 11 is 0. The smallest absolute Gasteiger partial charge is 0.308 e. The van der Waals surface area contributed by atoms with Crippen LogP contribution in [0, 0.1) is 5.92 Å². The number of rotatable bonds is 5. The molecule has 0 aromatic rings. The highest BCUT2D eigenvalue weighted by molar-refractivity contribution is 5.76. The Morgan fingerprint density at radius 3 is 2.38 bits per heavy atom. The third-order valence-corrected chi connectivity index (χ3v) is 4.48. The summed E-state index contributed by atoms with van der Waals surface area (Å²) < 4.78 is 10.0. The maximum Gasteiger partial charge on any atom is 0.308 e. The minimum Gasteiger partial charge on any atom is -0.469 e. The molecule has 7 heteroatoms. The van der Waals surface area contributed by atoms with Crippen molar-refractivity contribution in [3.8, 4) is 0 Å². The van der Waals surface area contributed by atoms with E-state index < -0.39 is 0 Å². The Balaban J connectivity index is 0.000000254. The maximum atomic E-state index is 11.2. The summed E-state index contributed by atoms with van der Waals surface area (Å²) in [5, 5.41) is 12.0. The van der Waals surface area contributed by atoms with Gasteiger partial charge < -0.3 is 24.8 Å². The molecule has 1 aliphatic carbocycles. The molecule has 1 aliphatic heterocycles. The van der Waals surface area contributed by atoms with Crippen molar-refractivity contribution in [2.24, 2.45) is 5.92 Å². The van der Waals surface area contributed by atoms with E-state index in [0.717, 1.165) is 19.3 Å². The van der Waals surface area contributed by atoms with Gasteiger partial charge in [-0.1, -0.05) is 19.3 Å². The molecular formula is C17H32N2O5. The summed E-state index contributed by atoms with van der Waals surface area (Å²) in [6.45, 7) is 0.963. The first-order valence-corrected chi connectivity index (χ1v) is 8.71. The second-order valence-corrected chi connectivity index (χ2v) is 6.60. The van der Waals surface area contributed by atoms with Crippen LogP contribution in [0.1, 0.15) is 38.5 Å². The quantitative estimate of drug-likeness (QED) is 0.708. The van der Waals surface area contributed by atoms with Crippen LogP contribution >= 0.6 is 0 Å². The lowest BCUT2D eigenvalue weighted by Crippen LogP contribution is -2.29. The average molecular weight is 344 g/mol. The van der Waals surface area contributed by atoms with Gasteiger partial charge >= 0.3 is 5.97 Å². The average Bonchev–Trinajstić information content (AvgIpc) is 3.08. The van der Waals surface area contributed by atoms with Gasteiger partial charge in [0.1, 0.15) is 6.61 Å². The number of hydrogen-bond donors (Lipinski definition) is 2. The highest BCUT2D eigenvalue weighted by Crippen LogP contribution is 2.24. The first-order valence-electron chi connectivity index (χ1n) is 8.71. The molecule has 2 aliphatic rings. The predicted molar refractivity (Wildman–Crippen MR) is 90.5 cm³/mol. The van der Waals surface area contributed by atoms with E-state index in [1.807, 2.05) is 0 Å². The number of nitrogens with one attached hydrogen (secondary N) is 1. The van der Waals surface area contributed by atoms with Crippen LogP contribution in [0.3, 0.4) is 0 Å². The molecule has 2 unspecified atom stereocenters. The molecule has 1 heterocycles. The molecule has 1 amide bonds. The molecule has 2 N–H and O–H groups in total. The van der Waals surface area contributed by atoms with Gasteiger partial charge in [-0.2, -0.15) is 0 Å².